The largest absolute Gasteiger partial charge is 0.469 e. The Morgan fingerprint density at radius 1 is 0.893 bits per heavy atom. The van der Waals surface area contributed by atoms with E-state index >= 15 is 4.79 Å². The maximum absolute atomic E-state index is 15.2. The molecule has 0 heterocycles. The number of amides is 2. The van der Waals surface area contributed by atoms with Crippen LogP contribution in [0.1, 0.15) is 125 Å². The zero-order valence-corrected chi connectivity index (χ0v) is 35.3. The van der Waals surface area contributed by atoms with E-state index in [1.54, 1.807) is 0 Å². The van der Waals surface area contributed by atoms with Gasteiger partial charge in [0.2, 0.25) is 11.8 Å². The molecule has 5 aliphatic carbocycles. The van der Waals surface area contributed by atoms with Crippen molar-refractivity contribution < 1.29 is 38.6 Å². The zero-order valence-electron chi connectivity index (χ0n) is 35.3. The molecule has 0 radical (unpaired) electrons. The monoisotopic (exact) mass is 774 g/mol. The van der Waals surface area contributed by atoms with Crippen molar-refractivity contribution in [3.05, 3.63) is 47.5 Å². The van der Waals surface area contributed by atoms with Gasteiger partial charge < -0.3 is 24.8 Å². The van der Waals surface area contributed by atoms with Crippen molar-refractivity contribution in [1.82, 2.24) is 10.2 Å². The first-order valence-electron chi connectivity index (χ1n) is 20.9. The number of carbonyl (C=O) groups excluding carboxylic acids is 5. The lowest BCUT2D eigenvalue weighted by atomic mass is 9.33. The normalized spacial score (nSPS) is 37.6. The van der Waals surface area contributed by atoms with E-state index in [2.05, 4.69) is 46.9 Å². The fourth-order valence-corrected chi connectivity index (χ4v) is 12.9. The Labute approximate surface area is 333 Å². The highest BCUT2D eigenvalue weighted by molar-refractivity contribution is 5.96. The minimum absolute atomic E-state index is 0.0544. The summed E-state index contributed by atoms with van der Waals surface area (Å²) in [7, 11) is 2.51. The number of benzene rings is 1. The maximum atomic E-state index is 15.2. The first-order chi connectivity index (χ1) is 26.2. The molecule has 2 amide bonds. The van der Waals surface area contributed by atoms with Gasteiger partial charge in [0.1, 0.15) is 12.6 Å². The molecule has 0 saturated heterocycles. The number of nitrogens with one attached hydrogen (secondary N) is 1. The Morgan fingerprint density at radius 2 is 1.57 bits per heavy atom. The van der Waals surface area contributed by atoms with Crippen molar-refractivity contribution in [2.75, 3.05) is 20.8 Å². The third-order valence-corrected chi connectivity index (χ3v) is 16.7. The van der Waals surface area contributed by atoms with Gasteiger partial charge in [-0.1, -0.05) is 84.4 Å². The summed E-state index contributed by atoms with van der Waals surface area (Å²) >= 11 is 0. The van der Waals surface area contributed by atoms with Crippen LogP contribution < -0.4 is 5.32 Å². The van der Waals surface area contributed by atoms with Crippen molar-refractivity contribution in [3.63, 3.8) is 0 Å². The van der Waals surface area contributed by atoms with Gasteiger partial charge in [0.05, 0.1) is 20.3 Å². The topological polar surface area (TPSA) is 139 Å². The lowest BCUT2D eigenvalue weighted by molar-refractivity contribution is -0.202. The number of aliphatic hydroxyl groups is 1. The number of methoxy groups -OCH3 is 2. The molecule has 10 heteroatoms. The van der Waals surface area contributed by atoms with Crippen LogP contribution in [0, 0.1) is 50.2 Å². The third-order valence-electron chi connectivity index (χ3n) is 16.7. The molecule has 0 bridgehead atoms. The Balaban J connectivity index is 1.34. The van der Waals surface area contributed by atoms with Gasteiger partial charge >= 0.3 is 11.9 Å². The van der Waals surface area contributed by atoms with E-state index in [0.717, 1.165) is 49.7 Å². The Morgan fingerprint density at radius 3 is 2.23 bits per heavy atom. The van der Waals surface area contributed by atoms with Gasteiger partial charge in [0.25, 0.3) is 0 Å². The summed E-state index contributed by atoms with van der Waals surface area (Å²) in [5, 5.41) is 14.0. The number of ketones is 1. The molecular formula is C46H66N2O8. The maximum Gasteiger partial charge on any atom is 0.328 e. The Bertz CT molecular complexity index is 1760. The minimum Gasteiger partial charge on any atom is -0.469 e. The summed E-state index contributed by atoms with van der Waals surface area (Å²) in [5.74, 6) is -1.77. The number of rotatable bonds is 10. The van der Waals surface area contributed by atoms with Crippen LogP contribution in [-0.2, 0) is 40.0 Å². The number of esters is 2. The van der Waals surface area contributed by atoms with Crippen LogP contribution in [-0.4, -0.2) is 72.5 Å². The molecule has 56 heavy (non-hydrogen) atoms. The van der Waals surface area contributed by atoms with E-state index in [0.29, 0.717) is 19.3 Å². The van der Waals surface area contributed by atoms with Crippen LogP contribution >= 0.6 is 0 Å². The molecule has 1 unspecified atom stereocenters. The molecule has 1 aromatic carbocycles. The third kappa shape index (κ3) is 6.83. The van der Waals surface area contributed by atoms with Crippen molar-refractivity contribution in [2.45, 2.75) is 138 Å². The summed E-state index contributed by atoms with van der Waals surface area (Å²) < 4.78 is 10.1. The SMILES string of the molecule is COC(=O)CCC(C(=O)OC)N(CC(=O)NCc1ccccc1)C(=O)[C@@]1(C)CC[C@]2(C)CC[C@]3(C)C(=CC(=O)[C@@H]4[C@@]5(C)CC[C@H](O)C(C)(C)[C@@H]5CC[C@]43C)[C@@H]2C1. The van der Waals surface area contributed by atoms with Gasteiger partial charge in [-0.2, -0.15) is 0 Å². The van der Waals surface area contributed by atoms with Crippen molar-refractivity contribution >= 4 is 29.5 Å². The van der Waals surface area contributed by atoms with Crippen molar-refractivity contribution in [1.29, 1.82) is 0 Å². The van der Waals surface area contributed by atoms with E-state index in [1.807, 2.05) is 43.3 Å². The fourth-order valence-electron chi connectivity index (χ4n) is 12.9. The predicted octanol–water partition coefficient (Wildman–Crippen LogP) is 6.97. The highest BCUT2D eigenvalue weighted by Crippen LogP contribution is 2.75. The first-order valence-corrected chi connectivity index (χ1v) is 20.9. The van der Waals surface area contributed by atoms with Crippen LogP contribution in [0.3, 0.4) is 0 Å². The number of allylic oxidation sites excluding steroid dienone is 2. The molecule has 6 rings (SSSR count). The summed E-state index contributed by atoms with van der Waals surface area (Å²) in [5.41, 5.74) is -0.101. The molecule has 10 atom stereocenters. The summed E-state index contributed by atoms with van der Waals surface area (Å²) in [6, 6.07) is 8.27. The first kappa shape index (κ1) is 42.1. The average Bonchev–Trinajstić information content (AvgIpc) is 3.16. The number of hydrogen-bond acceptors (Lipinski definition) is 8. The molecule has 0 spiro atoms. The van der Waals surface area contributed by atoms with E-state index in [1.165, 1.54) is 19.1 Å². The molecule has 2 N–H and O–H groups in total. The molecule has 0 aliphatic heterocycles. The van der Waals surface area contributed by atoms with E-state index in [4.69, 9.17) is 9.47 Å². The molecule has 4 fully saturated rings. The highest BCUT2D eigenvalue weighted by atomic mass is 16.5. The van der Waals surface area contributed by atoms with Gasteiger partial charge in [-0.25, -0.2) is 4.79 Å². The van der Waals surface area contributed by atoms with Crippen LogP contribution in [0.15, 0.2) is 42.0 Å². The molecular weight excluding hydrogens is 709 g/mol. The summed E-state index contributed by atoms with van der Waals surface area (Å²) in [6.07, 6.45) is 8.54. The van der Waals surface area contributed by atoms with Crippen LogP contribution in [0.25, 0.3) is 0 Å². The van der Waals surface area contributed by atoms with Gasteiger partial charge in [-0.05, 0) is 115 Å². The van der Waals surface area contributed by atoms with Crippen molar-refractivity contribution in [3.8, 4) is 0 Å². The van der Waals surface area contributed by atoms with Gasteiger partial charge in [0.15, 0.2) is 5.78 Å². The van der Waals surface area contributed by atoms with Crippen LogP contribution in [0.5, 0.6) is 0 Å². The lowest BCUT2D eigenvalue weighted by Crippen LogP contribution is -2.66. The number of aliphatic hydroxyl groups excluding tert-OH is 1. The van der Waals surface area contributed by atoms with Gasteiger partial charge in [-0.15, -0.1) is 0 Å². The second-order valence-electron chi connectivity index (χ2n) is 20.0. The van der Waals surface area contributed by atoms with Crippen LogP contribution in [0.2, 0.25) is 0 Å². The minimum atomic E-state index is -1.18. The quantitative estimate of drug-likeness (QED) is 0.243. The molecule has 308 valence electrons. The van der Waals surface area contributed by atoms with E-state index < -0.39 is 29.3 Å². The second kappa shape index (κ2) is 15.0. The smallest absolute Gasteiger partial charge is 0.328 e. The number of hydrogen-bond donors (Lipinski definition) is 2. The van der Waals surface area contributed by atoms with Gasteiger partial charge in [-0.3, -0.25) is 19.2 Å². The Kier molecular flexibility index (Phi) is 11.3. The Hall–Kier alpha value is -3.53. The molecule has 5 aliphatic rings. The van der Waals surface area contributed by atoms with Crippen LogP contribution in [0.4, 0.5) is 0 Å². The summed E-state index contributed by atoms with van der Waals surface area (Å²) in [4.78, 5) is 70.7. The summed E-state index contributed by atoms with van der Waals surface area (Å²) in [6.45, 7) is 15.5. The second-order valence-corrected chi connectivity index (χ2v) is 20.0. The number of carbonyl (C=O) groups is 5. The number of fused-ring (bicyclic) bond motifs is 7. The number of ether oxygens (including phenoxy) is 2. The fraction of sp³-hybridized carbons (Fsp3) is 0.717. The van der Waals surface area contributed by atoms with Crippen molar-refractivity contribution in [2.24, 2.45) is 50.2 Å². The lowest BCUT2D eigenvalue weighted by Gasteiger charge is -2.70. The highest BCUT2D eigenvalue weighted by Gasteiger charge is 2.70. The molecule has 10 nitrogen and oxygen atoms in total. The number of nitrogens with zero attached hydrogens (tertiary/aromatic N) is 1. The standard InChI is InChI=1S/C46H66N2O8/c1-41(2)34-17-20-46(7)38(44(34,5)19-18-35(41)50)33(49)25-30-31-26-43(4,22-21-42(31,3)23-24-45(30,46)6)40(54)48(32(39(53)56-9)15-16-37(52)55-8)28-36(51)47-27-29-13-11-10-12-14-29/h10-14,25,31-32,34-35,38,50H,15-24,26-28H2,1-9H3,(H,47,51)/t31-,32?,34-,35-,38+,42+,43-,44-,45+,46+/m0/s1. The van der Waals surface area contributed by atoms with E-state index in [9.17, 15) is 24.3 Å². The molecule has 4 saturated carbocycles. The van der Waals surface area contributed by atoms with Gasteiger partial charge in [0, 0.05) is 24.3 Å². The molecule has 1 aromatic rings. The average molecular weight is 775 g/mol. The zero-order chi connectivity index (χ0) is 41.1. The predicted molar refractivity (Wildman–Crippen MR) is 212 cm³/mol. The van der Waals surface area contributed by atoms with E-state index in [-0.39, 0.29) is 88.6 Å². The molecule has 0 aromatic heterocycles.